The maximum absolute atomic E-state index is 8.72. The predicted octanol–water partition coefficient (Wildman–Crippen LogP) is 3.18. The maximum atomic E-state index is 8.72. The molecular formula is C13H17NO. The summed E-state index contributed by atoms with van der Waals surface area (Å²) in [6, 6.07) is 7.84. The Morgan fingerprint density at radius 1 is 1.40 bits per heavy atom. The van der Waals surface area contributed by atoms with Crippen molar-refractivity contribution < 1.29 is 4.74 Å². The second kappa shape index (κ2) is 6.21. The van der Waals surface area contributed by atoms with Crippen LogP contribution in [0.1, 0.15) is 36.5 Å². The zero-order chi connectivity index (χ0) is 11.1. The molecule has 0 heterocycles. The van der Waals surface area contributed by atoms with Gasteiger partial charge in [0.05, 0.1) is 18.2 Å². The van der Waals surface area contributed by atoms with Gasteiger partial charge < -0.3 is 4.74 Å². The molecule has 0 aliphatic rings. The average Bonchev–Trinajstić information content (AvgIpc) is 2.26. The fourth-order valence-corrected chi connectivity index (χ4v) is 1.36. The molecule has 0 aliphatic heterocycles. The lowest BCUT2D eigenvalue weighted by Crippen LogP contribution is -1.97. The third-order valence-electron chi connectivity index (χ3n) is 2.37. The molecule has 0 atom stereocenters. The number of ether oxygens (including phenoxy) is 1. The first-order valence-electron chi connectivity index (χ1n) is 5.35. The molecule has 80 valence electrons. The fourth-order valence-electron chi connectivity index (χ4n) is 1.36. The highest BCUT2D eigenvalue weighted by Gasteiger charge is 1.99. The molecule has 0 radical (unpaired) electrons. The summed E-state index contributed by atoms with van der Waals surface area (Å²) in [5, 5.41) is 8.72. The summed E-state index contributed by atoms with van der Waals surface area (Å²) in [4.78, 5) is 0. The molecule has 1 rings (SSSR count). The summed E-state index contributed by atoms with van der Waals surface area (Å²) in [5.41, 5.74) is 3.01. The Balaban J connectivity index is 2.52. The molecule has 2 heteroatoms. The number of hydrogen-bond donors (Lipinski definition) is 0. The minimum atomic E-state index is 0.650. The molecule has 15 heavy (non-hydrogen) atoms. The zero-order valence-corrected chi connectivity index (χ0v) is 9.42. The highest BCUT2D eigenvalue weighted by Crippen LogP contribution is 2.11. The van der Waals surface area contributed by atoms with Crippen LogP contribution >= 0.6 is 0 Å². The third-order valence-corrected chi connectivity index (χ3v) is 2.37. The largest absolute Gasteiger partial charge is 0.377 e. The van der Waals surface area contributed by atoms with Crippen molar-refractivity contribution in [2.75, 3.05) is 6.61 Å². The summed E-state index contributed by atoms with van der Waals surface area (Å²) < 4.78 is 5.53. The van der Waals surface area contributed by atoms with E-state index in [1.165, 1.54) is 5.56 Å². The highest BCUT2D eigenvalue weighted by atomic mass is 16.5. The number of unbranched alkanes of at least 4 members (excludes halogenated alkanes) is 1. The number of benzene rings is 1. The van der Waals surface area contributed by atoms with Crippen molar-refractivity contribution in [2.45, 2.75) is 33.3 Å². The van der Waals surface area contributed by atoms with Crippen molar-refractivity contribution in [1.29, 1.82) is 5.26 Å². The molecule has 0 fully saturated rings. The SMILES string of the molecule is CCCCOCc1ccc(C#N)cc1C. The van der Waals surface area contributed by atoms with E-state index in [0.29, 0.717) is 12.2 Å². The van der Waals surface area contributed by atoms with Gasteiger partial charge in [-0.2, -0.15) is 5.26 Å². The first-order chi connectivity index (χ1) is 7.27. The Morgan fingerprint density at radius 2 is 2.20 bits per heavy atom. The molecule has 0 N–H and O–H groups in total. The average molecular weight is 203 g/mol. The van der Waals surface area contributed by atoms with Crippen molar-refractivity contribution in [1.82, 2.24) is 0 Å². The Kier molecular flexibility index (Phi) is 4.86. The van der Waals surface area contributed by atoms with E-state index in [0.717, 1.165) is 25.0 Å². The van der Waals surface area contributed by atoms with Gasteiger partial charge in [-0.1, -0.05) is 19.4 Å². The highest BCUT2D eigenvalue weighted by molar-refractivity contribution is 5.37. The second-order valence-electron chi connectivity index (χ2n) is 3.66. The lowest BCUT2D eigenvalue weighted by atomic mass is 10.1. The van der Waals surface area contributed by atoms with Crippen LogP contribution in [0.3, 0.4) is 0 Å². The quantitative estimate of drug-likeness (QED) is 0.688. The number of nitrogens with zero attached hydrogens (tertiary/aromatic N) is 1. The molecule has 0 saturated heterocycles. The molecule has 0 saturated carbocycles. The first-order valence-corrected chi connectivity index (χ1v) is 5.35. The van der Waals surface area contributed by atoms with E-state index in [1.54, 1.807) is 0 Å². The van der Waals surface area contributed by atoms with Crippen LogP contribution in [0.5, 0.6) is 0 Å². The smallest absolute Gasteiger partial charge is 0.0991 e. The molecule has 0 unspecified atom stereocenters. The van der Waals surface area contributed by atoms with Gasteiger partial charge in [-0.3, -0.25) is 0 Å². The predicted molar refractivity (Wildman–Crippen MR) is 60.5 cm³/mol. The van der Waals surface area contributed by atoms with Gasteiger partial charge in [0.1, 0.15) is 0 Å². The van der Waals surface area contributed by atoms with E-state index in [1.807, 2.05) is 25.1 Å². The molecule has 0 bridgehead atoms. The lowest BCUT2D eigenvalue weighted by molar-refractivity contribution is 0.117. The number of nitriles is 1. The zero-order valence-electron chi connectivity index (χ0n) is 9.42. The van der Waals surface area contributed by atoms with Crippen LogP contribution in [-0.2, 0) is 11.3 Å². The van der Waals surface area contributed by atoms with Crippen LogP contribution in [-0.4, -0.2) is 6.61 Å². The Bertz CT molecular complexity index is 352. The third kappa shape index (κ3) is 3.73. The van der Waals surface area contributed by atoms with E-state index in [-0.39, 0.29) is 0 Å². The summed E-state index contributed by atoms with van der Waals surface area (Å²) >= 11 is 0. The summed E-state index contributed by atoms with van der Waals surface area (Å²) in [7, 11) is 0. The second-order valence-corrected chi connectivity index (χ2v) is 3.66. The van der Waals surface area contributed by atoms with Gasteiger partial charge in [-0.15, -0.1) is 0 Å². The topological polar surface area (TPSA) is 33.0 Å². The van der Waals surface area contributed by atoms with Gasteiger partial charge in [0.15, 0.2) is 0 Å². The molecular weight excluding hydrogens is 186 g/mol. The van der Waals surface area contributed by atoms with Gasteiger partial charge in [0, 0.05) is 6.61 Å². The van der Waals surface area contributed by atoms with Crippen LogP contribution in [0.4, 0.5) is 0 Å². The molecule has 1 aromatic rings. The Hall–Kier alpha value is -1.33. The normalized spacial score (nSPS) is 9.93. The lowest BCUT2D eigenvalue weighted by Gasteiger charge is -2.06. The maximum Gasteiger partial charge on any atom is 0.0991 e. The Morgan fingerprint density at radius 3 is 2.80 bits per heavy atom. The van der Waals surface area contributed by atoms with Crippen molar-refractivity contribution in [3.8, 4) is 6.07 Å². The monoisotopic (exact) mass is 203 g/mol. The van der Waals surface area contributed by atoms with Crippen LogP contribution < -0.4 is 0 Å². The van der Waals surface area contributed by atoms with Gasteiger partial charge in [0.25, 0.3) is 0 Å². The fraction of sp³-hybridized carbons (Fsp3) is 0.462. The van der Waals surface area contributed by atoms with E-state index in [9.17, 15) is 0 Å². The van der Waals surface area contributed by atoms with Crippen molar-refractivity contribution in [3.05, 3.63) is 34.9 Å². The molecule has 0 spiro atoms. The molecule has 2 nitrogen and oxygen atoms in total. The van der Waals surface area contributed by atoms with Crippen LogP contribution in [0.2, 0.25) is 0 Å². The van der Waals surface area contributed by atoms with E-state index >= 15 is 0 Å². The summed E-state index contributed by atoms with van der Waals surface area (Å²) in [6.45, 7) is 5.63. The van der Waals surface area contributed by atoms with Crippen LogP contribution in [0.25, 0.3) is 0 Å². The standard InChI is InChI=1S/C13H17NO/c1-3-4-7-15-10-13-6-5-12(9-14)8-11(13)2/h5-6,8H,3-4,7,10H2,1-2H3. The first kappa shape index (κ1) is 11.7. The summed E-state index contributed by atoms with van der Waals surface area (Å²) in [5.74, 6) is 0. The molecule has 0 amide bonds. The minimum Gasteiger partial charge on any atom is -0.377 e. The number of aryl methyl sites for hydroxylation is 1. The molecule has 0 aromatic heterocycles. The molecule has 1 aromatic carbocycles. The van der Waals surface area contributed by atoms with Crippen molar-refractivity contribution in [2.24, 2.45) is 0 Å². The van der Waals surface area contributed by atoms with E-state index < -0.39 is 0 Å². The van der Waals surface area contributed by atoms with Gasteiger partial charge in [0.2, 0.25) is 0 Å². The van der Waals surface area contributed by atoms with E-state index in [2.05, 4.69) is 13.0 Å². The van der Waals surface area contributed by atoms with Crippen molar-refractivity contribution in [3.63, 3.8) is 0 Å². The number of rotatable bonds is 5. The van der Waals surface area contributed by atoms with Gasteiger partial charge in [-0.25, -0.2) is 0 Å². The Labute approximate surface area is 91.5 Å². The van der Waals surface area contributed by atoms with E-state index in [4.69, 9.17) is 10.00 Å². The van der Waals surface area contributed by atoms with Gasteiger partial charge in [-0.05, 0) is 36.6 Å². The number of hydrogen-bond acceptors (Lipinski definition) is 2. The summed E-state index contributed by atoms with van der Waals surface area (Å²) in [6.07, 6.45) is 2.27. The molecule has 0 aliphatic carbocycles. The van der Waals surface area contributed by atoms with Gasteiger partial charge >= 0.3 is 0 Å². The van der Waals surface area contributed by atoms with Crippen molar-refractivity contribution >= 4 is 0 Å². The van der Waals surface area contributed by atoms with Crippen LogP contribution in [0.15, 0.2) is 18.2 Å². The minimum absolute atomic E-state index is 0.650. The van der Waals surface area contributed by atoms with Crippen LogP contribution in [0, 0.1) is 18.3 Å².